The topological polar surface area (TPSA) is 75.7 Å². The van der Waals surface area contributed by atoms with Gasteiger partial charge in [0.15, 0.2) is 0 Å². The fourth-order valence-corrected chi connectivity index (χ4v) is 2.12. The maximum atomic E-state index is 11.8. The van der Waals surface area contributed by atoms with Gasteiger partial charge in [-0.2, -0.15) is 0 Å². The maximum Gasteiger partial charge on any atom is 0.410 e. The van der Waals surface area contributed by atoms with E-state index in [2.05, 4.69) is 5.32 Å². The van der Waals surface area contributed by atoms with Crippen molar-refractivity contribution in [3.63, 3.8) is 0 Å². The number of hydrogen-bond donors (Lipinski definition) is 1. The van der Waals surface area contributed by atoms with Gasteiger partial charge in [0.25, 0.3) is 0 Å². The summed E-state index contributed by atoms with van der Waals surface area (Å²) >= 11 is 0. The molecular formula is C11H16N2O4. The molecule has 2 atom stereocenters. The minimum Gasteiger partial charge on any atom is -0.444 e. The number of rotatable bonds is 0. The highest BCUT2D eigenvalue weighted by Gasteiger charge is 2.49. The van der Waals surface area contributed by atoms with E-state index < -0.39 is 23.5 Å². The first-order chi connectivity index (χ1) is 7.78. The molecule has 2 aliphatic heterocycles. The predicted octanol–water partition coefficient (Wildman–Crippen LogP) is 0.126. The van der Waals surface area contributed by atoms with E-state index in [4.69, 9.17) is 4.74 Å². The van der Waals surface area contributed by atoms with Crippen molar-refractivity contribution in [3.05, 3.63) is 0 Å². The van der Waals surface area contributed by atoms with Crippen LogP contribution in [0.5, 0.6) is 0 Å². The van der Waals surface area contributed by atoms with E-state index in [-0.39, 0.29) is 24.9 Å². The Morgan fingerprint density at radius 2 is 1.71 bits per heavy atom. The van der Waals surface area contributed by atoms with E-state index in [1.54, 1.807) is 20.8 Å². The lowest BCUT2D eigenvalue weighted by atomic mass is 10.00. The van der Waals surface area contributed by atoms with Crippen LogP contribution in [0.1, 0.15) is 20.8 Å². The number of carbonyl (C=O) groups excluding carboxylic acids is 3. The third kappa shape index (κ3) is 2.25. The van der Waals surface area contributed by atoms with Crippen molar-refractivity contribution in [2.45, 2.75) is 26.4 Å². The van der Waals surface area contributed by atoms with Crippen LogP contribution in [-0.2, 0) is 14.3 Å². The Kier molecular flexibility index (Phi) is 2.60. The number of hydrogen-bond acceptors (Lipinski definition) is 4. The molecule has 2 aliphatic rings. The predicted molar refractivity (Wildman–Crippen MR) is 57.9 cm³/mol. The zero-order valence-electron chi connectivity index (χ0n) is 10.1. The van der Waals surface area contributed by atoms with Gasteiger partial charge in [-0.3, -0.25) is 14.9 Å². The first-order valence-electron chi connectivity index (χ1n) is 5.60. The van der Waals surface area contributed by atoms with Crippen molar-refractivity contribution in [2.75, 3.05) is 13.1 Å². The molecule has 0 saturated carbocycles. The average molecular weight is 240 g/mol. The molecule has 17 heavy (non-hydrogen) atoms. The minimum absolute atomic E-state index is 0.261. The molecule has 3 amide bonds. The zero-order chi connectivity index (χ0) is 12.8. The molecule has 0 radical (unpaired) electrons. The lowest BCUT2D eigenvalue weighted by Gasteiger charge is -2.24. The van der Waals surface area contributed by atoms with Crippen molar-refractivity contribution in [2.24, 2.45) is 11.8 Å². The van der Waals surface area contributed by atoms with Gasteiger partial charge >= 0.3 is 6.09 Å². The molecule has 2 fully saturated rings. The lowest BCUT2D eigenvalue weighted by Crippen LogP contribution is -2.38. The smallest absolute Gasteiger partial charge is 0.410 e. The van der Waals surface area contributed by atoms with E-state index in [1.165, 1.54) is 4.90 Å². The quantitative estimate of drug-likeness (QED) is 0.610. The largest absolute Gasteiger partial charge is 0.444 e. The molecule has 6 heteroatoms. The summed E-state index contributed by atoms with van der Waals surface area (Å²) in [5.41, 5.74) is -0.568. The second-order valence-corrected chi connectivity index (χ2v) is 5.45. The van der Waals surface area contributed by atoms with Crippen molar-refractivity contribution in [1.82, 2.24) is 10.2 Å². The Labute approximate surface area is 99.3 Å². The Morgan fingerprint density at radius 1 is 1.24 bits per heavy atom. The van der Waals surface area contributed by atoms with Crippen LogP contribution in [0.25, 0.3) is 0 Å². The van der Waals surface area contributed by atoms with Crippen LogP contribution in [0, 0.1) is 11.8 Å². The highest BCUT2D eigenvalue weighted by atomic mass is 16.6. The van der Waals surface area contributed by atoms with E-state index in [0.29, 0.717) is 0 Å². The van der Waals surface area contributed by atoms with Crippen LogP contribution in [0.2, 0.25) is 0 Å². The zero-order valence-corrected chi connectivity index (χ0v) is 10.1. The molecule has 0 aromatic heterocycles. The Morgan fingerprint density at radius 3 is 2.12 bits per heavy atom. The highest BCUT2D eigenvalue weighted by Crippen LogP contribution is 2.29. The maximum absolute atomic E-state index is 11.8. The molecule has 2 saturated heterocycles. The van der Waals surface area contributed by atoms with Crippen LogP contribution in [0.4, 0.5) is 4.79 Å². The number of amides is 3. The fraction of sp³-hybridized carbons (Fsp3) is 0.727. The van der Waals surface area contributed by atoms with Crippen LogP contribution in [0.15, 0.2) is 0 Å². The van der Waals surface area contributed by atoms with Gasteiger partial charge in [0.2, 0.25) is 11.8 Å². The fourth-order valence-electron chi connectivity index (χ4n) is 2.12. The Bertz CT molecular complexity index is 363. The molecule has 0 aliphatic carbocycles. The lowest BCUT2D eigenvalue weighted by molar-refractivity contribution is -0.126. The Balaban J connectivity index is 2.01. The van der Waals surface area contributed by atoms with Gasteiger partial charge in [-0.1, -0.05) is 0 Å². The number of nitrogens with zero attached hydrogens (tertiary/aromatic N) is 1. The van der Waals surface area contributed by atoms with Gasteiger partial charge < -0.3 is 9.64 Å². The van der Waals surface area contributed by atoms with Crippen molar-refractivity contribution < 1.29 is 19.1 Å². The van der Waals surface area contributed by atoms with E-state index >= 15 is 0 Å². The SMILES string of the molecule is CC(C)(C)OC(=O)N1CC2C(=O)NC(=O)[C@@H]2C1. The molecule has 0 spiro atoms. The second-order valence-electron chi connectivity index (χ2n) is 5.45. The summed E-state index contributed by atoms with van der Waals surface area (Å²) in [6.07, 6.45) is -0.465. The van der Waals surface area contributed by atoms with Crippen LogP contribution < -0.4 is 5.32 Å². The number of ether oxygens (including phenoxy) is 1. The number of fused-ring (bicyclic) bond motifs is 1. The molecular weight excluding hydrogens is 224 g/mol. The van der Waals surface area contributed by atoms with Gasteiger partial charge in [-0.15, -0.1) is 0 Å². The standard InChI is InChI=1S/C11H16N2O4/c1-11(2,3)17-10(16)13-4-6-7(5-13)9(15)12-8(6)14/h6-7H,4-5H2,1-3H3,(H,12,14,15)/t6-,7?/m1/s1. The van der Waals surface area contributed by atoms with Crippen molar-refractivity contribution in [3.8, 4) is 0 Å². The third-order valence-electron chi connectivity index (χ3n) is 2.89. The van der Waals surface area contributed by atoms with Gasteiger partial charge in [0.05, 0.1) is 11.8 Å². The van der Waals surface area contributed by atoms with E-state index in [0.717, 1.165) is 0 Å². The summed E-state index contributed by atoms with van der Waals surface area (Å²) in [5, 5.41) is 2.27. The Hall–Kier alpha value is -1.59. The van der Waals surface area contributed by atoms with Crippen molar-refractivity contribution in [1.29, 1.82) is 0 Å². The third-order valence-corrected chi connectivity index (χ3v) is 2.89. The van der Waals surface area contributed by atoms with Crippen molar-refractivity contribution >= 4 is 17.9 Å². The van der Waals surface area contributed by atoms with E-state index in [1.807, 2.05) is 0 Å². The molecule has 0 aromatic rings. The van der Waals surface area contributed by atoms with Crippen LogP contribution in [-0.4, -0.2) is 41.5 Å². The number of imide groups is 1. The van der Waals surface area contributed by atoms with E-state index in [9.17, 15) is 14.4 Å². The number of likely N-dealkylation sites (tertiary alicyclic amines) is 1. The summed E-state index contributed by atoms with van der Waals surface area (Å²) in [4.78, 5) is 36.0. The molecule has 0 aromatic carbocycles. The molecule has 94 valence electrons. The first kappa shape index (κ1) is 11.9. The second kappa shape index (κ2) is 3.72. The average Bonchev–Trinajstić information content (AvgIpc) is 2.67. The number of nitrogens with one attached hydrogen (secondary N) is 1. The van der Waals surface area contributed by atoms with Gasteiger partial charge in [-0.05, 0) is 20.8 Å². The number of carbonyl (C=O) groups is 3. The summed E-state index contributed by atoms with van der Waals surface area (Å²) in [6, 6.07) is 0. The van der Waals surface area contributed by atoms with Crippen LogP contribution >= 0.6 is 0 Å². The highest BCUT2D eigenvalue weighted by molar-refractivity contribution is 6.06. The first-order valence-corrected chi connectivity index (χ1v) is 5.60. The molecule has 1 unspecified atom stereocenters. The minimum atomic E-state index is -0.568. The summed E-state index contributed by atoms with van der Waals surface area (Å²) < 4.78 is 5.20. The molecule has 6 nitrogen and oxygen atoms in total. The van der Waals surface area contributed by atoms with Gasteiger partial charge in [0.1, 0.15) is 5.60 Å². The van der Waals surface area contributed by atoms with Gasteiger partial charge in [-0.25, -0.2) is 4.79 Å². The molecule has 0 bridgehead atoms. The normalized spacial score (nSPS) is 28.1. The molecule has 2 heterocycles. The monoisotopic (exact) mass is 240 g/mol. The molecule has 1 N–H and O–H groups in total. The molecule has 2 rings (SSSR count). The summed E-state index contributed by atoms with van der Waals surface area (Å²) in [5.74, 6) is -1.39. The summed E-state index contributed by atoms with van der Waals surface area (Å²) in [6.45, 7) is 5.85. The van der Waals surface area contributed by atoms with Crippen LogP contribution in [0.3, 0.4) is 0 Å². The summed E-state index contributed by atoms with van der Waals surface area (Å²) in [7, 11) is 0. The van der Waals surface area contributed by atoms with Gasteiger partial charge in [0, 0.05) is 13.1 Å².